The van der Waals surface area contributed by atoms with E-state index in [9.17, 15) is 30.8 Å². The van der Waals surface area contributed by atoms with Gasteiger partial charge in [0.1, 0.15) is 5.60 Å². The van der Waals surface area contributed by atoms with Gasteiger partial charge in [-0.2, -0.15) is 26.0 Å². The van der Waals surface area contributed by atoms with E-state index in [1.54, 1.807) is 20.8 Å². The van der Waals surface area contributed by atoms with Crippen LogP contribution in [0.4, 0.5) is 17.6 Å². The topological polar surface area (TPSA) is 89.9 Å². The van der Waals surface area contributed by atoms with Crippen LogP contribution in [-0.2, 0) is 24.4 Å². The molecule has 0 saturated heterocycles. The van der Waals surface area contributed by atoms with Crippen molar-refractivity contribution in [1.82, 2.24) is 0 Å². The van der Waals surface area contributed by atoms with E-state index in [4.69, 9.17) is 14.0 Å². The highest BCUT2D eigenvalue weighted by Gasteiger charge is 2.64. The Morgan fingerprint density at radius 1 is 1.17 bits per heavy atom. The number of ether oxygens (including phenoxy) is 2. The van der Waals surface area contributed by atoms with Crippen molar-refractivity contribution in [2.75, 3.05) is 13.2 Å². The standard InChI is InChI=1S/C13H20F4O6S/c1-9(10(18)23-11(2,3)4)8-22-7-5-6-12(14,15)13(16,17)24(19,20)21/h1,5-8H2,2-4H3,(H,19,20,21). The van der Waals surface area contributed by atoms with Gasteiger partial charge in [-0.05, 0) is 27.2 Å². The molecule has 11 heteroatoms. The third-order valence-corrected chi connectivity index (χ3v) is 3.44. The van der Waals surface area contributed by atoms with E-state index in [0.717, 1.165) is 0 Å². The van der Waals surface area contributed by atoms with Crippen LogP contribution in [0.5, 0.6) is 0 Å². The van der Waals surface area contributed by atoms with Crippen LogP contribution >= 0.6 is 0 Å². The Bertz CT molecular complexity index is 566. The third kappa shape index (κ3) is 6.73. The van der Waals surface area contributed by atoms with E-state index in [1.807, 2.05) is 0 Å². The van der Waals surface area contributed by atoms with E-state index in [-0.39, 0.29) is 12.2 Å². The lowest BCUT2D eigenvalue weighted by Gasteiger charge is -2.23. The molecule has 0 rings (SSSR count). The van der Waals surface area contributed by atoms with Crippen molar-refractivity contribution < 1.29 is 44.8 Å². The summed E-state index contributed by atoms with van der Waals surface area (Å²) in [6.45, 7) is 7.42. The fourth-order valence-corrected chi connectivity index (χ4v) is 1.81. The first kappa shape index (κ1) is 22.8. The minimum Gasteiger partial charge on any atom is -0.457 e. The van der Waals surface area contributed by atoms with Gasteiger partial charge in [-0.25, -0.2) is 4.79 Å². The van der Waals surface area contributed by atoms with Gasteiger partial charge in [0, 0.05) is 13.0 Å². The van der Waals surface area contributed by atoms with Gasteiger partial charge in [0.05, 0.1) is 12.2 Å². The Labute approximate surface area is 137 Å². The molecule has 0 amide bonds. The number of hydrogen-bond acceptors (Lipinski definition) is 5. The molecule has 0 aromatic heterocycles. The Balaban J connectivity index is 4.32. The second-order valence-electron chi connectivity index (χ2n) is 5.96. The van der Waals surface area contributed by atoms with Crippen molar-refractivity contribution >= 4 is 16.1 Å². The summed E-state index contributed by atoms with van der Waals surface area (Å²) in [7, 11) is -6.24. The quantitative estimate of drug-likeness (QED) is 0.218. The predicted molar refractivity (Wildman–Crippen MR) is 76.5 cm³/mol. The number of hydrogen-bond donors (Lipinski definition) is 1. The van der Waals surface area contributed by atoms with Gasteiger partial charge < -0.3 is 9.47 Å². The van der Waals surface area contributed by atoms with Crippen LogP contribution in [0.3, 0.4) is 0 Å². The summed E-state index contributed by atoms with van der Waals surface area (Å²) in [4.78, 5) is 11.5. The van der Waals surface area contributed by atoms with E-state index in [1.165, 1.54) is 0 Å². The molecule has 142 valence electrons. The number of esters is 1. The van der Waals surface area contributed by atoms with Crippen LogP contribution in [-0.4, -0.2) is 48.9 Å². The monoisotopic (exact) mass is 380 g/mol. The fraction of sp³-hybridized carbons (Fsp3) is 0.769. The molecule has 6 nitrogen and oxygen atoms in total. The van der Waals surface area contributed by atoms with Crippen molar-refractivity contribution in [1.29, 1.82) is 0 Å². The zero-order valence-electron chi connectivity index (χ0n) is 13.4. The minimum absolute atomic E-state index is 0.0973. The molecule has 0 aromatic rings. The van der Waals surface area contributed by atoms with Crippen LogP contribution in [0.1, 0.15) is 33.6 Å². The first-order valence-electron chi connectivity index (χ1n) is 6.73. The molecule has 0 aliphatic rings. The zero-order chi connectivity index (χ0) is 19.4. The van der Waals surface area contributed by atoms with Crippen LogP contribution in [0, 0.1) is 0 Å². The summed E-state index contributed by atoms with van der Waals surface area (Å²) < 4.78 is 90.7. The maximum Gasteiger partial charge on any atom is 0.431 e. The number of alkyl halides is 4. The fourth-order valence-electron chi connectivity index (χ4n) is 1.34. The molecular formula is C13H20F4O6S. The van der Waals surface area contributed by atoms with Gasteiger partial charge in [-0.1, -0.05) is 6.58 Å². The largest absolute Gasteiger partial charge is 0.457 e. The lowest BCUT2D eigenvalue weighted by molar-refractivity contribution is -0.166. The van der Waals surface area contributed by atoms with Crippen molar-refractivity contribution in [2.24, 2.45) is 0 Å². The minimum atomic E-state index is -6.24. The SMILES string of the molecule is C=C(COCCCC(F)(F)C(F)(F)S(=O)(=O)O)C(=O)OC(C)(C)C. The van der Waals surface area contributed by atoms with Gasteiger partial charge in [-0.15, -0.1) is 0 Å². The highest BCUT2D eigenvalue weighted by atomic mass is 32.2. The van der Waals surface area contributed by atoms with Gasteiger partial charge in [0.15, 0.2) is 0 Å². The van der Waals surface area contributed by atoms with Gasteiger partial charge in [-0.3, -0.25) is 4.55 Å². The van der Waals surface area contributed by atoms with Crippen LogP contribution < -0.4 is 0 Å². The summed E-state index contributed by atoms with van der Waals surface area (Å²) in [5.74, 6) is -5.72. The smallest absolute Gasteiger partial charge is 0.431 e. The Morgan fingerprint density at radius 3 is 2.08 bits per heavy atom. The molecule has 0 bridgehead atoms. The first-order valence-corrected chi connectivity index (χ1v) is 8.17. The molecule has 0 heterocycles. The molecule has 0 spiro atoms. The summed E-state index contributed by atoms with van der Waals surface area (Å²) in [5.41, 5.74) is -0.858. The van der Waals surface area contributed by atoms with Crippen molar-refractivity contribution in [3.8, 4) is 0 Å². The van der Waals surface area contributed by atoms with E-state index >= 15 is 0 Å². The zero-order valence-corrected chi connectivity index (χ0v) is 14.3. The highest BCUT2D eigenvalue weighted by Crippen LogP contribution is 2.41. The number of carbonyl (C=O) groups is 1. The van der Waals surface area contributed by atoms with Gasteiger partial charge >= 0.3 is 27.3 Å². The highest BCUT2D eigenvalue weighted by molar-refractivity contribution is 7.87. The maximum absolute atomic E-state index is 13.2. The normalized spacial score (nSPS) is 13.7. The summed E-state index contributed by atoms with van der Waals surface area (Å²) in [6, 6.07) is 0. The summed E-state index contributed by atoms with van der Waals surface area (Å²) in [6.07, 6.45) is -2.18. The van der Waals surface area contributed by atoms with E-state index in [0.29, 0.717) is 0 Å². The Kier molecular flexibility index (Phi) is 7.40. The molecule has 0 radical (unpaired) electrons. The molecule has 24 heavy (non-hydrogen) atoms. The molecule has 0 unspecified atom stereocenters. The average molecular weight is 380 g/mol. The van der Waals surface area contributed by atoms with E-state index in [2.05, 4.69) is 6.58 Å². The molecule has 1 N–H and O–H groups in total. The second kappa shape index (κ2) is 7.79. The number of halogens is 4. The van der Waals surface area contributed by atoms with Crippen LogP contribution in [0.15, 0.2) is 12.2 Å². The molecule has 0 aliphatic carbocycles. The molecule has 0 aromatic carbocycles. The van der Waals surface area contributed by atoms with Gasteiger partial charge in [0.2, 0.25) is 0 Å². The molecule has 0 aliphatic heterocycles. The molecule has 0 fully saturated rings. The van der Waals surface area contributed by atoms with Crippen LogP contribution in [0.25, 0.3) is 0 Å². The Morgan fingerprint density at radius 2 is 1.67 bits per heavy atom. The molecular weight excluding hydrogens is 360 g/mol. The first-order chi connectivity index (χ1) is 10.5. The van der Waals surface area contributed by atoms with Crippen LogP contribution in [0.2, 0.25) is 0 Å². The van der Waals surface area contributed by atoms with Crippen molar-refractivity contribution in [3.63, 3.8) is 0 Å². The molecule has 0 atom stereocenters. The number of carbonyl (C=O) groups excluding carboxylic acids is 1. The van der Waals surface area contributed by atoms with E-state index < -0.39 is 52.3 Å². The number of rotatable bonds is 9. The summed E-state index contributed by atoms with van der Waals surface area (Å²) in [5, 5.41) is -5.60. The third-order valence-electron chi connectivity index (χ3n) is 2.49. The van der Waals surface area contributed by atoms with Crippen molar-refractivity contribution in [3.05, 3.63) is 12.2 Å². The predicted octanol–water partition coefficient (Wildman–Crippen LogP) is 2.80. The second-order valence-corrected chi connectivity index (χ2v) is 7.42. The average Bonchev–Trinajstić information content (AvgIpc) is 2.34. The summed E-state index contributed by atoms with van der Waals surface area (Å²) >= 11 is 0. The van der Waals surface area contributed by atoms with Gasteiger partial charge in [0.25, 0.3) is 0 Å². The lowest BCUT2D eigenvalue weighted by Crippen LogP contribution is -2.46. The molecule has 0 saturated carbocycles. The van der Waals surface area contributed by atoms with Crippen molar-refractivity contribution in [2.45, 2.75) is 50.4 Å². The maximum atomic E-state index is 13.2. The lowest BCUT2D eigenvalue weighted by atomic mass is 10.2. The Hall–Kier alpha value is -1.20.